The van der Waals surface area contributed by atoms with Crippen LogP contribution in [0, 0.1) is 0 Å². The molecule has 0 aromatic carbocycles. The fourth-order valence-electron chi connectivity index (χ4n) is 2.90. The highest BCUT2D eigenvalue weighted by molar-refractivity contribution is 5.03. The molecular formula is C16H27NO. The van der Waals surface area contributed by atoms with E-state index in [9.17, 15) is 5.11 Å². The van der Waals surface area contributed by atoms with Crippen LogP contribution in [-0.2, 0) is 0 Å². The zero-order chi connectivity index (χ0) is 12.6. The van der Waals surface area contributed by atoms with Gasteiger partial charge in [-0.25, -0.2) is 0 Å². The molecule has 2 aliphatic carbocycles. The van der Waals surface area contributed by atoms with E-state index in [-0.39, 0.29) is 6.10 Å². The van der Waals surface area contributed by atoms with Crippen molar-refractivity contribution in [3.8, 4) is 0 Å². The van der Waals surface area contributed by atoms with Crippen LogP contribution in [0.25, 0.3) is 0 Å². The minimum atomic E-state index is -0.0873. The second-order valence-electron chi connectivity index (χ2n) is 5.67. The molecule has 2 N–H and O–H groups in total. The Morgan fingerprint density at radius 2 is 1.78 bits per heavy atom. The Bertz CT molecular complexity index is 295. The summed E-state index contributed by atoms with van der Waals surface area (Å²) in [5.41, 5.74) is 1.38. The van der Waals surface area contributed by atoms with Gasteiger partial charge in [-0.15, -0.1) is 0 Å². The Kier molecular flexibility index (Phi) is 5.79. The molecule has 0 aliphatic heterocycles. The van der Waals surface area contributed by atoms with Crippen molar-refractivity contribution < 1.29 is 5.11 Å². The van der Waals surface area contributed by atoms with E-state index >= 15 is 0 Å². The van der Waals surface area contributed by atoms with Crippen LogP contribution < -0.4 is 5.32 Å². The molecule has 2 rings (SSSR count). The van der Waals surface area contributed by atoms with Gasteiger partial charge in [0.1, 0.15) is 0 Å². The number of aliphatic hydroxyl groups is 1. The van der Waals surface area contributed by atoms with Gasteiger partial charge in [0.25, 0.3) is 0 Å². The van der Waals surface area contributed by atoms with Crippen molar-refractivity contribution in [1.29, 1.82) is 0 Å². The molecule has 0 spiro atoms. The minimum Gasteiger partial charge on any atom is -0.393 e. The number of nitrogens with one attached hydrogen (secondary N) is 1. The van der Waals surface area contributed by atoms with Crippen LogP contribution in [0.4, 0.5) is 0 Å². The first-order valence-electron chi connectivity index (χ1n) is 7.63. The molecule has 0 bridgehead atoms. The van der Waals surface area contributed by atoms with Crippen LogP contribution >= 0.6 is 0 Å². The molecule has 102 valence electrons. The Morgan fingerprint density at radius 1 is 0.944 bits per heavy atom. The Morgan fingerprint density at radius 3 is 2.72 bits per heavy atom. The van der Waals surface area contributed by atoms with E-state index in [0.29, 0.717) is 6.04 Å². The molecule has 2 unspecified atom stereocenters. The first-order valence-corrected chi connectivity index (χ1v) is 7.63. The lowest BCUT2D eigenvalue weighted by Crippen LogP contribution is -2.29. The maximum absolute atomic E-state index is 9.76. The van der Waals surface area contributed by atoms with E-state index in [0.717, 1.165) is 32.1 Å². The van der Waals surface area contributed by atoms with E-state index in [1.807, 2.05) is 0 Å². The van der Waals surface area contributed by atoms with E-state index in [2.05, 4.69) is 23.5 Å². The third-order valence-electron chi connectivity index (χ3n) is 4.04. The Balaban J connectivity index is 1.84. The summed E-state index contributed by atoms with van der Waals surface area (Å²) < 4.78 is 0. The molecule has 0 aromatic rings. The normalized spacial score (nSPS) is 30.6. The van der Waals surface area contributed by atoms with Crippen molar-refractivity contribution in [3.05, 3.63) is 23.9 Å². The first-order chi connectivity index (χ1) is 8.84. The van der Waals surface area contributed by atoms with Gasteiger partial charge in [0.2, 0.25) is 0 Å². The number of hydrogen-bond donors (Lipinski definition) is 2. The molecule has 0 aromatic heterocycles. The van der Waals surface area contributed by atoms with Gasteiger partial charge in [-0.3, -0.25) is 0 Å². The summed E-state index contributed by atoms with van der Waals surface area (Å²) in [5.74, 6) is 0. The maximum Gasteiger partial charge on any atom is 0.0544 e. The van der Waals surface area contributed by atoms with Crippen LogP contribution in [0.15, 0.2) is 23.9 Å². The summed E-state index contributed by atoms with van der Waals surface area (Å²) in [6.45, 7) is 0. The summed E-state index contributed by atoms with van der Waals surface area (Å²) in [7, 11) is 0. The number of hydrogen-bond acceptors (Lipinski definition) is 2. The van der Waals surface area contributed by atoms with Crippen LogP contribution in [0.1, 0.15) is 64.2 Å². The molecule has 0 radical (unpaired) electrons. The van der Waals surface area contributed by atoms with Gasteiger partial charge in [-0.1, -0.05) is 18.2 Å². The lowest BCUT2D eigenvalue weighted by Gasteiger charge is -2.24. The third-order valence-corrected chi connectivity index (χ3v) is 4.04. The van der Waals surface area contributed by atoms with E-state index < -0.39 is 0 Å². The van der Waals surface area contributed by atoms with Crippen molar-refractivity contribution in [2.24, 2.45) is 0 Å². The number of aliphatic hydroxyl groups excluding tert-OH is 1. The van der Waals surface area contributed by atoms with Gasteiger partial charge in [0.15, 0.2) is 0 Å². The molecular weight excluding hydrogens is 222 g/mol. The lowest BCUT2D eigenvalue weighted by atomic mass is 9.98. The second kappa shape index (κ2) is 7.63. The highest BCUT2D eigenvalue weighted by Gasteiger charge is 2.13. The predicted molar refractivity (Wildman–Crippen MR) is 76.3 cm³/mol. The third kappa shape index (κ3) is 4.85. The topological polar surface area (TPSA) is 32.3 Å². The average molecular weight is 249 g/mol. The Labute approximate surface area is 111 Å². The molecule has 18 heavy (non-hydrogen) atoms. The predicted octanol–water partition coefficient (Wildman–Crippen LogP) is 3.67. The summed E-state index contributed by atoms with van der Waals surface area (Å²) in [6, 6.07) is 0.637. The van der Waals surface area contributed by atoms with Gasteiger partial charge in [0, 0.05) is 11.7 Å². The molecule has 2 heteroatoms. The van der Waals surface area contributed by atoms with E-state index in [1.165, 1.54) is 37.8 Å². The molecule has 0 heterocycles. The van der Waals surface area contributed by atoms with Crippen molar-refractivity contribution in [3.63, 3.8) is 0 Å². The van der Waals surface area contributed by atoms with Gasteiger partial charge in [0.05, 0.1) is 6.10 Å². The van der Waals surface area contributed by atoms with E-state index in [1.54, 1.807) is 0 Å². The quantitative estimate of drug-likeness (QED) is 0.732. The summed E-state index contributed by atoms with van der Waals surface area (Å²) in [6.07, 6.45) is 18.3. The first kappa shape index (κ1) is 13.7. The summed E-state index contributed by atoms with van der Waals surface area (Å²) in [4.78, 5) is 0. The highest BCUT2D eigenvalue weighted by atomic mass is 16.3. The van der Waals surface area contributed by atoms with Gasteiger partial charge >= 0.3 is 0 Å². The van der Waals surface area contributed by atoms with Gasteiger partial charge in [-0.05, 0) is 64.2 Å². The van der Waals surface area contributed by atoms with Gasteiger partial charge < -0.3 is 10.4 Å². The fourth-order valence-corrected chi connectivity index (χ4v) is 2.90. The van der Waals surface area contributed by atoms with Crippen molar-refractivity contribution in [1.82, 2.24) is 5.32 Å². The molecule has 0 saturated heterocycles. The monoisotopic (exact) mass is 249 g/mol. The van der Waals surface area contributed by atoms with Crippen LogP contribution in [0.5, 0.6) is 0 Å². The van der Waals surface area contributed by atoms with Crippen molar-refractivity contribution in [2.75, 3.05) is 0 Å². The number of rotatable bonds is 2. The molecule has 0 saturated carbocycles. The Hall–Kier alpha value is -0.760. The largest absolute Gasteiger partial charge is 0.393 e. The summed E-state index contributed by atoms with van der Waals surface area (Å²) in [5, 5.41) is 13.5. The molecule has 0 fully saturated rings. The number of allylic oxidation sites excluding steroid dienone is 4. The zero-order valence-electron chi connectivity index (χ0n) is 11.4. The molecule has 2 aliphatic rings. The molecule has 2 atom stereocenters. The van der Waals surface area contributed by atoms with E-state index in [4.69, 9.17) is 0 Å². The van der Waals surface area contributed by atoms with Crippen molar-refractivity contribution in [2.45, 2.75) is 76.4 Å². The van der Waals surface area contributed by atoms with Gasteiger partial charge in [-0.2, -0.15) is 0 Å². The second-order valence-corrected chi connectivity index (χ2v) is 5.67. The SMILES string of the molecule is OC1CCCC=C(NC2CCC=CCCC2)CC1. The summed E-state index contributed by atoms with van der Waals surface area (Å²) >= 11 is 0. The van der Waals surface area contributed by atoms with Crippen LogP contribution in [0.3, 0.4) is 0 Å². The highest BCUT2D eigenvalue weighted by Crippen LogP contribution is 2.19. The molecule has 2 nitrogen and oxygen atoms in total. The maximum atomic E-state index is 9.76. The zero-order valence-corrected chi connectivity index (χ0v) is 11.4. The standard InChI is InChI=1S/C16H27NO/c18-16-11-7-6-10-15(12-13-16)17-14-8-4-2-1-3-5-9-14/h1-2,10,14,16-18H,3-9,11-13H2. The van der Waals surface area contributed by atoms with Crippen molar-refractivity contribution >= 4 is 0 Å². The van der Waals surface area contributed by atoms with Crippen LogP contribution in [-0.4, -0.2) is 17.3 Å². The molecule has 0 amide bonds. The lowest BCUT2D eigenvalue weighted by molar-refractivity contribution is 0.150. The smallest absolute Gasteiger partial charge is 0.0544 e. The minimum absolute atomic E-state index is 0.0873. The average Bonchev–Trinajstić information content (AvgIpc) is 2.31. The fraction of sp³-hybridized carbons (Fsp3) is 0.750. The van der Waals surface area contributed by atoms with Crippen LogP contribution in [0.2, 0.25) is 0 Å².